The number of ether oxygens (including phenoxy) is 1. The zero-order valence-corrected chi connectivity index (χ0v) is 17.5. The van der Waals surface area contributed by atoms with Gasteiger partial charge in [-0.25, -0.2) is 0 Å². The maximum Gasteiger partial charge on any atom is 0.133 e. The third kappa shape index (κ3) is 2.85. The van der Waals surface area contributed by atoms with Crippen LogP contribution in [-0.2, 0) is 9.53 Å². The fourth-order valence-electron chi connectivity index (χ4n) is 8.52. The van der Waals surface area contributed by atoms with E-state index in [4.69, 9.17) is 4.74 Å². The lowest BCUT2D eigenvalue weighted by Gasteiger charge is -2.63. The lowest BCUT2D eigenvalue weighted by molar-refractivity contribution is -0.196. The fourth-order valence-corrected chi connectivity index (χ4v) is 8.52. The minimum atomic E-state index is -0.701. The lowest BCUT2D eigenvalue weighted by atomic mass is 9.43. The zero-order chi connectivity index (χ0) is 19.6. The summed E-state index contributed by atoms with van der Waals surface area (Å²) in [6.45, 7) is 6.82. The number of Topliss-reactive ketones (excluding diaryl/α,β-unsaturated/α-hetero) is 1. The van der Waals surface area contributed by atoms with Crippen LogP contribution in [0, 0.1) is 40.4 Å². The van der Waals surface area contributed by atoms with Gasteiger partial charge in [0.25, 0.3) is 0 Å². The monoisotopic (exact) mass is 378 g/mol. The first-order valence-corrected chi connectivity index (χ1v) is 11.0. The number of carbonyl (C=O) groups excluding carboxylic acids is 1. The van der Waals surface area contributed by atoms with E-state index < -0.39 is 5.60 Å². The second-order valence-corrected chi connectivity index (χ2v) is 11.0. The molecule has 154 valence electrons. The Hall–Kier alpha value is -0.450. The molecule has 4 aliphatic rings. The molecule has 0 aromatic carbocycles. The SMILES string of the molecule is COC[C@@]1(O)CC[C@@]2(C)[C@H](CC[C@@H]3[C@@H]2[C@H](O)C[C@]2(C)[C@@H](C(C)=O)CC[C@@H]32)C1. The van der Waals surface area contributed by atoms with Gasteiger partial charge in [-0.2, -0.15) is 0 Å². The van der Waals surface area contributed by atoms with Crippen LogP contribution >= 0.6 is 0 Å². The molecule has 27 heavy (non-hydrogen) atoms. The smallest absolute Gasteiger partial charge is 0.133 e. The highest BCUT2D eigenvalue weighted by Crippen LogP contribution is 2.68. The molecule has 0 aromatic rings. The molecule has 0 aromatic heterocycles. The van der Waals surface area contributed by atoms with Crippen LogP contribution in [0.5, 0.6) is 0 Å². The highest BCUT2D eigenvalue weighted by atomic mass is 16.5. The summed E-state index contributed by atoms with van der Waals surface area (Å²) < 4.78 is 5.30. The largest absolute Gasteiger partial charge is 0.393 e. The topological polar surface area (TPSA) is 66.8 Å². The zero-order valence-electron chi connectivity index (χ0n) is 17.5. The van der Waals surface area contributed by atoms with Crippen molar-refractivity contribution in [2.45, 2.75) is 83.8 Å². The van der Waals surface area contributed by atoms with Gasteiger partial charge < -0.3 is 14.9 Å². The molecule has 0 radical (unpaired) electrons. The Morgan fingerprint density at radius 2 is 1.81 bits per heavy atom. The molecule has 0 heterocycles. The molecule has 0 aliphatic heterocycles. The molecule has 0 saturated heterocycles. The van der Waals surface area contributed by atoms with Gasteiger partial charge in [-0.1, -0.05) is 13.8 Å². The molecule has 4 rings (SSSR count). The van der Waals surface area contributed by atoms with Crippen molar-refractivity contribution in [2.75, 3.05) is 13.7 Å². The number of aliphatic hydroxyl groups is 2. The van der Waals surface area contributed by atoms with E-state index in [1.807, 2.05) is 0 Å². The summed E-state index contributed by atoms with van der Waals surface area (Å²) in [5, 5.41) is 22.3. The Morgan fingerprint density at radius 1 is 1.07 bits per heavy atom. The molecule has 4 fully saturated rings. The Bertz CT molecular complexity index is 605. The number of hydrogen-bond donors (Lipinski definition) is 2. The first-order chi connectivity index (χ1) is 12.6. The van der Waals surface area contributed by atoms with Crippen molar-refractivity contribution < 1.29 is 19.7 Å². The van der Waals surface area contributed by atoms with E-state index in [0.29, 0.717) is 36.1 Å². The number of aliphatic hydroxyl groups excluding tert-OH is 1. The molecule has 0 amide bonds. The van der Waals surface area contributed by atoms with E-state index in [1.165, 1.54) is 0 Å². The molecule has 0 spiro atoms. The van der Waals surface area contributed by atoms with Gasteiger partial charge in [0.1, 0.15) is 5.78 Å². The van der Waals surface area contributed by atoms with Crippen molar-refractivity contribution in [1.82, 2.24) is 0 Å². The molecular formula is C23H38O4. The summed E-state index contributed by atoms with van der Waals surface area (Å²) in [6, 6.07) is 0. The Kier molecular flexibility index (Phi) is 4.80. The number of fused-ring (bicyclic) bond motifs is 5. The predicted molar refractivity (Wildman–Crippen MR) is 104 cm³/mol. The van der Waals surface area contributed by atoms with Gasteiger partial charge >= 0.3 is 0 Å². The minimum absolute atomic E-state index is 0.0267. The van der Waals surface area contributed by atoms with Crippen LogP contribution in [0.25, 0.3) is 0 Å². The van der Waals surface area contributed by atoms with Crippen LogP contribution in [0.2, 0.25) is 0 Å². The van der Waals surface area contributed by atoms with Crippen LogP contribution in [0.15, 0.2) is 0 Å². The highest BCUT2D eigenvalue weighted by molar-refractivity contribution is 5.79. The predicted octanol–water partition coefficient (Wildman–Crippen LogP) is 3.58. The van der Waals surface area contributed by atoms with Gasteiger partial charge in [-0.05, 0) is 92.8 Å². The molecule has 4 aliphatic carbocycles. The van der Waals surface area contributed by atoms with Crippen molar-refractivity contribution in [3.05, 3.63) is 0 Å². The Morgan fingerprint density at radius 3 is 2.48 bits per heavy atom. The van der Waals surface area contributed by atoms with Crippen LogP contribution in [-0.4, -0.2) is 41.4 Å². The normalized spacial score (nSPS) is 54.7. The molecule has 4 nitrogen and oxygen atoms in total. The second-order valence-electron chi connectivity index (χ2n) is 11.0. The van der Waals surface area contributed by atoms with E-state index in [2.05, 4.69) is 13.8 Å². The summed E-state index contributed by atoms with van der Waals surface area (Å²) in [5.74, 6) is 2.30. The van der Waals surface area contributed by atoms with Gasteiger partial charge in [0, 0.05) is 13.0 Å². The number of methoxy groups -OCH3 is 1. The van der Waals surface area contributed by atoms with E-state index >= 15 is 0 Å². The number of rotatable bonds is 3. The molecule has 4 heteroatoms. The maximum absolute atomic E-state index is 12.3. The van der Waals surface area contributed by atoms with Gasteiger partial charge in [-0.15, -0.1) is 0 Å². The highest BCUT2D eigenvalue weighted by Gasteiger charge is 2.64. The van der Waals surface area contributed by atoms with Crippen LogP contribution < -0.4 is 0 Å². The third-order valence-corrected chi connectivity index (χ3v) is 9.65. The van der Waals surface area contributed by atoms with Crippen molar-refractivity contribution in [3.63, 3.8) is 0 Å². The van der Waals surface area contributed by atoms with Crippen molar-refractivity contribution >= 4 is 5.78 Å². The molecule has 0 unspecified atom stereocenters. The average molecular weight is 379 g/mol. The second kappa shape index (κ2) is 6.53. The lowest BCUT2D eigenvalue weighted by Crippen LogP contribution is -2.61. The minimum Gasteiger partial charge on any atom is -0.393 e. The van der Waals surface area contributed by atoms with E-state index in [1.54, 1.807) is 14.0 Å². The van der Waals surface area contributed by atoms with Crippen LogP contribution in [0.1, 0.15) is 72.1 Å². The summed E-state index contributed by atoms with van der Waals surface area (Å²) in [4.78, 5) is 12.3. The van der Waals surface area contributed by atoms with E-state index in [-0.39, 0.29) is 22.9 Å². The van der Waals surface area contributed by atoms with E-state index in [0.717, 1.165) is 51.4 Å². The standard InChI is InChI=1S/C23H38O4/c1-14(24)17-7-8-18-16-6-5-15-11-23(26,13-27-4)10-9-21(15,2)20(16)19(25)12-22(17,18)3/h15-20,25-26H,5-13H2,1-4H3/t15-,16+,17-,18+,19-,20-,21+,22-,23-/m1/s1. The van der Waals surface area contributed by atoms with Gasteiger partial charge in [0.15, 0.2) is 0 Å². The molecule has 9 atom stereocenters. The summed E-state index contributed by atoms with van der Waals surface area (Å²) in [6.07, 6.45) is 7.39. The molecular weight excluding hydrogens is 340 g/mol. The van der Waals surface area contributed by atoms with Gasteiger partial charge in [0.2, 0.25) is 0 Å². The molecule has 2 N–H and O–H groups in total. The molecule has 0 bridgehead atoms. The molecule has 4 saturated carbocycles. The summed E-state index contributed by atoms with van der Waals surface area (Å²) in [7, 11) is 1.67. The summed E-state index contributed by atoms with van der Waals surface area (Å²) >= 11 is 0. The van der Waals surface area contributed by atoms with Gasteiger partial charge in [0.05, 0.1) is 18.3 Å². The number of ketones is 1. The Labute approximate surface area is 164 Å². The quantitative estimate of drug-likeness (QED) is 0.788. The Balaban J connectivity index is 1.62. The van der Waals surface area contributed by atoms with Gasteiger partial charge in [-0.3, -0.25) is 4.79 Å². The maximum atomic E-state index is 12.3. The summed E-state index contributed by atoms with van der Waals surface area (Å²) in [5.41, 5.74) is -0.633. The van der Waals surface area contributed by atoms with Crippen LogP contribution in [0.4, 0.5) is 0 Å². The average Bonchev–Trinajstić information content (AvgIpc) is 2.92. The van der Waals surface area contributed by atoms with Crippen molar-refractivity contribution in [1.29, 1.82) is 0 Å². The first kappa shape index (κ1) is 19.8. The number of carbonyl (C=O) groups is 1. The third-order valence-electron chi connectivity index (χ3n) is 9.65. The van der Waals surface area contributed by atoms with E-state index in [9.17, 15) is 15.0 Å². The first-order valence-electron chi connectivity index (χ1n) is 11.0. The fraction of sp³-hybridized carbons (Fsp3) is 0.957. The van der Waals surface area contributed by atoms with Crippen molar-refractivity contribution in [2.24, 2.45) is 40.4 Å². The number of hydrogen-bond acceptors (Lipinski definition) is 4. The van der Waals surface area contributed by atoms with Crippen molar-refractivity contribution in [3.8, 4) is 0 Å². The van der Waals surface area contributed by atoms with Crippen LogP contribution in [0.3, 0.4) is 0 Å².